The van der Waals surface area contributed by atoms with Crippen molar-refractivity contribution in [1.29, 1.82) is 0 Å². The molecule has 0 bridgehead atoms. The van der Waals surface area contributed by atoms with Crippen LogP contribution in [0.3, 0.4) is 0 Å². The summed E-state index contributed by atoms with van der Waals surface area (Å²) in [5.41, 5.74) is 5.30. The molecule has 0 spiro atoms. The molecule has 0 saturated carbocycles. The Morgan fingerprint density at radius 2 is 2.38 bits per heavy atom. The lowest BCUT2D eigenvalue weighted by Gasteiger charge is -2.04. The molecule has 1 rings (SSSR count). The van der Waals surface area contributed by atoms with Crippen molar-refractivity contribution in [3.8, 4) is 5.88 Å². The number of ether oxygens (including phenoxy) is 1. The van der Waals surface area contributed by atoms with Crippen LogP contribution in [0.1, 0.15) is 12.8 Å². The van der Waals surface area contributed by atoms with E-state index in [1.807, 2.05) is 0 Å². The molecule has 0 amide bonds. The Kier molecular flexibility index (Phi) is 4.26. The molecule has 0 aliphatic heterocycles. The van der Waals surface area contributed by atoms with Crippen molar-refractivity contribution < 1.29 is 9.66 Å². The summed E-state index contributed by atoms with van der Waals surface area (Å²) in [6, 6.07) is 2.45. The number of anilines is 1. The van der Waals surface area contributed by atoms with Gasteiger partial charge in [0.05, 0.1) is 23.7 Å². The molecular weight excluding hydrogens is 210 g/mol. The van der Waals surface area contributed by atoms with E-state index in [4.69, 9.17) is 10.5 Å². The van der Waals surface area contributed by atoms with Gasteiger partial charge in [0.25, 0.3) is 5.69 Å². The molecule has 0 aliphatic carbocycles. The Labute approximate surface area is 92.9 Å². The zero-order valence-electron chi connectivity index (χ0n) is 8.76. The third kappa shape index (κ3) is 3.56. The van der Waals surface area contributed by atoms with Gasteiger partial charge in [-0.05, 0) is 12.8 Å². The predicted molar refractivity (Wildman–Crippen MR) is 60.2 cm³/mol. The summed E-state index contributed by atoms with van der Waals surface area (Å²) in [6.45, 7) is 4.01. The summed E-state index contributed by atoms with van der Waals surface area (Å²) in [5, 5.41) is 10.5. The van der Waals surface area contributed by atoms with Gasteiger partial charge in [-0.15, -0.1) is 6.58 Å². The third-order valence-electron chi connectivity index (χ3n) is 1.82. The van der Waals surface area contributed by atoms with E-state index >= 15 is 0 Å². The van der Waals surface area contributed by atoms with E-state index in [2.05, 4.69) is 11.6 Å². The fourth-order valence-corrected chi connectivity index (χ4v) is 1.10. The fraction of sp³-hybridized carbons (Fsp3) is 0.300. The van der Waals surface area contributed by atoms with E-state index in [1.165, 1.54) is 12.1 Å². The Morgan fingerprint density at radius 1 is 1.62 bits per heavy atom. The third-order valence-corrected chi connectivity index (χ3v) is 1.82. The second-order valence-corrected chi connectivity index (χ2v) is 3.12. The minimum atomic E-state index is -0.533. The summed E-state index contributed by atoms with van der Waals surface area (Å²) >= 11 is 0. The number of nitrogens with zero attached hydrogens (tertiary/aromatic N) is 2. The standard InChI is InChI=1S/C10H13N3O3/c1-2-3-4-5-16-10-7-8(13(14)15)6-9(11)12-10/h2,6-7H,1,3-5H2,(H2,11,12). The number of hydrogen-bond acceptors (Lipinski definition) is 5. The summed E-state index contributed by atoms with van der Waals surface area (Å²) < 4.78 is 5.24. The van der Waals surface area contributed by atoms with Crippen molar-refractivity contribution in [3.05, 3.63) is 34.9 Å². The van der Waals surface area contributed by atoms with Crippen molar-refractivity contribution in [3.63, 3.8) is 0 Å². The van der Waals surface area contributed by atoms with Crippen molar-refractivity contribution >= 4 is 11.5 Å². The molecule has 0 saturated heterocycles. The first-order chi connectivity index (χ1) is 7.63. The Bertz CT molecular complexity index is 393. The first-order valence-corrected chi connectivity index (χ1v) is 4.79. The monoisotopic (exact) mass is 223 g/mol. The summed E-state index contributed by atoms with van der Waals surface area (Å²) in [4.78, 5) is 13.8. The van der Waals surface area contributed by atoms with Gasteiger partial charge in [0.1, 0.15) is 5.82 Å². The first-order valence-electron chi connectivity index (χ1n) is 4.79. The van der Waals surface area contributed by atoms with E-state index in [-0.39, 0.29) is 17.4 Å². The molecule has 6 nitrogen and oxygen atoms in total. The highest BCUT2D eigenvalue weighted by molar-refractivity contribution is 5.45. The number of allylic oxidation sites excluding steroid dienone is 1. The smallest absolute Gasteiger partial charge is 0.278 e. The van der Waals surface area contributed by atoms with E-state index in [9.17, 15) is 10.1 Å². The number of aromatic nitrogens is 1. The minimum Gasteiger partial charge on any atom is -0.477 e. The lowest BCUT2D eigenvalue weighted by atomic mass is 10.3. The summed E-state index contributed by atoms with van der Waals surface area (Å²) in [6.07, 6.45) is 3.39. The summed E-state index contributed by atoms with van der Waals surface area (Å²) in [5.74, 6) is 0.253. The van der Waals surface area contributed by atoms with Crippen molar-refractivity contribution in [2.24, 2.45) is 0 Å². The molecule has 0 radical (unpaired) electrons. The molecule has 86 valence electrons. The Balaban J connectivity index is 2.65. The van der Waals surface area contributed by atoms with Crippen LogP contribution in [0.15, 0.2) is 24.8 Å². The Morgan fingerprint density at radius 3 is 3.00 bits per heavy atom. The van der Waals surface area contributed by atoms with E-state index in [0.717, 1.165) is 12.8 Å². The van der Waals surface area contributed by atoms with Crippen LogP contribution >= 0.6 is 0 Å². The van der Waals surface area contributed by atoms with Gasteiger partial charge in [-0.25, -0.2) is 0 Å². The van der Waals surface area contributed by atoms with Crippen LogP contribution in [-0.4, -0.2) is 16.5 Å². The maximum absolute atomic E-state index is 10.5. The zero-order valence-corrected chi connectivity index (χ0v) is 8.76. The van der Waals surface area contributed by atoms with Crippen molar-refractivity contribution in [2.75, 3.05) is 12.3 Å². The van der Waals surface area contributed by atoms with Crippen LogP contribution in [0.5, 0.6) is 5.88 Å². The number of nitrogens with two attached hydrogens (primary N) is 1. The number of pyridine rings is 1. The minimum absolute atomic E-state index is 0.0768. The normalized spacial score (nSPS) is 9.75. The van der Waals surface area contributed by atoms with E-state index < -0.39 is 4.92 Å². The predicted octanol–water partition coefficient (Wildman–Crippen LogP) is 1.92. The van der Waals surface area contributed by atoms with Crippen LogP contribution in [0.4, 0.5) is 11.5 Å². The molecule has 0 atom stereocenters. The van der Waals surface area contributed by atoms with Crippen molar-refractivity contribution in [2.45, 2.75) is 12.8 Å². The lowest BCUT2D eigenvalue weighted by molar-refractivity contribution is -0.384. The van der Waals surface area contributed by atoms with Crippen LogP contribution in [0, 0.1) is 10.1 Å². The van der Waals surface area contributed by atoms with Gasteiger partial charge in [-0.2, -0.15) is 4.98 Å². The fourth-order valence-electron chi connectivity index (χ4n) is 1.10. The number of unbranched alkanes of at least 4 members (excludes halogenated alkanes) is 1. The van der Waals surface area contributed by atoms with Gasteiger partial charge in [0, 0.05) is 0 Å². The quantitative estimate of drug-likeness (QED) is 0.344. The molecule has 1 heterocycles. The SMILES string of the molecule is C=CCCCOc1cc([N+](=O)[O-])cc(N)n1. The van der Waals surface area contributed by atoms with E-state index in [1.54, 1.807) is 6.08 Å². The molecule has 16 heavy (non-hydrogen) atoms. The average Bonchev–Trinajstić information content (AvgIpc) is 2.23. The van der Waals surface area contributed by atoms with Crippen LogP contribution in [-0.2, 0) is 0 Å². The van der Waals surface area contributed by atoms with Gasteiger partial charge >= 0.3 is 0 Å². The molecule has 0 fully saturated rings. The largest absolute Gasteiger partial charge is 0.477 e. The molecular formula is C10H13N3O3. The maximum atomic E-state index is 10.5. The number of nitro groups is 1. The van der Waals surface area contributed by atoms with Crippen molar-refractivity contribution in [1.82, 2.24) is 4.98 Å². The maximum Gasteiger partial charge on any atom is 0.278 e. The molecule has 1 aromatic rings. The van der Waals surface area contributed by atoms with Gasteiger partial charge in [-0.3, -0.25) is 10.1 Å². The number of nitrogen functional groups attached to an aromatic ring is 1. The van der Waals surface area contributed by atoms with Gasteiger partial charge in [0.2, 0.25) is 5.88 Å². The van der Waals surface area contributed by atoms with Gasteiger partial charge in [0.15, 0.2) is 0 Å². The molecule has 0 aliphatic rings. The highest BCUT2D eigenvalue weighted by Crippen LogP contribution is 2.20. The average molecular weight is 223 g/mol. The first kappa shape index (κ1) is 12.0. The molecule has 2 N–H and O–H groups in total. The van der Waals surface area contributed by atoms with Gasteiger partial charge < -0.3 is 10.5 Å². The second-order valence-electron chi connectivity index (χ2n) is 3.12. The molecule has 0 unspecified atom stereocenters. The van der Waals surface area contributed by atoms with Crippen LogP contribution in [0.2, 0.25) is 0 Å². The summed E-state index contributed by atoms with van der Waals surface area (Å²) in [7, 11) is 0. The lowest BCUT2D eigenvalue weighted by Crippen LogP contribution is -2.02. The van der Waals surface area contributed by atoms with Crippen LogP contribution in [0.25, 0.3) is 0 Å². The number of hydrogen-bond donors (Lipinski definition) is 1. The highest BCUT2D eigenvalue weighted by Gasteiger charge is 2.10. The van der Waals surface area contributed by atoms with Gasteiger partial charge in [-0.1, -0.05) is 6.08 Å². The second kappa shape index (κ2) is 5.69. The Hall–Kier alpha value is -2.11. The topological polar surface area (TPSA) is 91.3 Å². The molecule has 0 aromatic carbocycles. The molecule has 6 heteroatoms. The van der Waals surface area contributed by atoms with Crippen LogP contribution < -0.4 is 10.5 Å². The van der Waals surface area contributed by atoms with E-state index in [0.29, 0.717) is 6.61 Å². The zero-order chi connectivity index (χ0) is 12.0. The molecule has 1 aromatic heterocycles. The highest BCUT2D eigenvalue weighted by atomic mass is 16.6. The number of rotatable bonds is 6.